The van der Waals surface area contributed by atoms with E-state index in [0.29, 0.717) is 29.9 Å². The van der Waals surface area contributed by atoms with Gasteiger partial charge in [-0.3, -0.25) is 4.79 Å². The van der Waals surface area contributed by atoms with Gasteiger partial charge in [0.15, 0.2) is 0 Å². The van der Waals surface area contributed by atoms with Crippen molar-refractivity contribution in [1.82, 2.24) is 0 Å². The topological polar surface area (TPSA) is 79.5 Å². The average Bonchev–Trinajstić information content (AvgIpc) is 2.73. The standard InChI is InChI=1S/C23H23N3O3/c1-29-21-12-5-7-17(15-21)13-14-22(27)24-19-10-6-11-20(16-19)26-23(28)25-18-8-3-2-4-9-18/h2-12,15-16H,13-14H2,1H3,(H,24,27)(H2,25,26,28). The Labute approximate surface area is 169 Å². The molecule has 3 rings (SSSR count). The average molecular weight is 389 g/mol. The predicted octanol–water partition coefficient (Wildman–Crippen LogP) is 4.91. The molecule has 0 fully saturated rings. The molecule has 3 amide bonds. The van der Waals surface area contributed by atoms with Crippen molar-refractivity contribution in [2.24, 2.45) is 0 Å². The lowest BCUT2D eigenvalue weighted by molar-refractivity contribution is -0.116. The van der Waals surface area contributed by atoms with Gasteiger partial charge in [-0.2, -0.15) is 0 Å². The Bertz CT molecular complexity index is 974. The molecule has 0 aliphatic heterocycles. The van der Waals surface area contributed by atoms with Crippen LogP contribution >= 0.6 is 0 Å². The van der Waals surface area contributed by atoms with Gasteiger partial charge in [-0.05, 0) is 54.4 Å². The number of amides is 3. The van der Waals surface area contributed by atoms with Crippen molar-refractivity contribution >= 4 is 29.0 Å². The smallest absolute Gasteiger partial charge is 0.323 e. The molecule has 0 aliphatic carbocycles. The molecule has 3 aromatic carbocycles. The van der Waals surface area contributed by atoms with E-state index in [0.717, 1.165) is 11.3 Å². The molecule has 0 spiro atoms. The van der Waals surface area contributed by atoms with E-state index >= 15 is 0 Å². The zero-order chi connectivity index (χ0) is 20.5. The van der Waals surface area contributed by atoms with Crippen molar-refractivity contribution in [1.29, 1.82) is 0 Å². The summed E-state index contributed by atoms with van der Waals surface area (Å²) in [4.78, 5) is 24.4. The van der Waals surface area contributed by atoms with Gasteiger partial charge in [0.1, 0.15) is 5.75 Å². The number of hydrogen-bond acceptors (Lipinski definition) is 3. The maximum absolute atomic E-state index is 12.3. The molecule has 0 atom stereocenters. The Morgan fingerprint density at radius 3 is 2.17 bits per heavy atom. The van der Waals surface area contributed by atoms with Crippen LogP contribution in [0.1, 0.15) is 12.0 Å². The molecule has 0 bridgehead atoms. The number of rotatable bonds is 7. The Morgan fingerprint density at radius 2 is 1.41 bits per heavy atom. The van der Waals surface area contributed by atoms with E-state index in [1.807, 2.05) is 42.5 Å². The van der Waals surface area contributed by atoms with Crippen LogP contribution in [0.4, 0.5) is 21.9 Å². The number of carbonyl (C=O) groups is 2. The molecule has 6 heteroatoms. The SMILES string of the molecule is COc1cccc(CCC(=O)Nc2cccc(NC(=O)Nc3ccccc3)c2)c1. The van der Waals surface area contributed by atoms with Crippen LogP contribution in [-0.4, -0.2) is 19.0 Å². The molecule has 0 saturated carbocycles. The summed E-state index contributed by atoms with van der Waals surface area (Å²) in [6, 6.07) is 23.5. The first-order chi connectivity index (χ1) is 14.1. The van der Waals surface area contributed by atoms with Crippen molar-refractivity contribution in [2.45, 2.75) is 12.8 Å². The van der Waals surface area contributed by atoms with Gasteiger partial charge in [0, 0.05) is 23.5 Å². The van der Waals surface area contributed by atoms with Crippen LogP contribution in [0.5, 0.6) is 5.75 Å². The number of anilines is 3. The third-order valence-electron chi connectivity index (χ3n) is 4.21. The van der Waals surface area contributed by atoms with E-state index in [1.165, 1.54) is 0 Å². The molecular formula is C23H23N3O3. The van der Waals surface area contributed by atoms with E-state index in [1.54, 1.807) is 43.5 Å². The minimum absolute atomic E-state index is 0.0984. The highest BCUT2D eigenvalue weighted by Crippen LogP contribution is 2.17. The molecule has 0 saturated heterocycles. The predicted molar refractivity (Wildman–Crippen MR) is 115 cm³/mol. The van der Waals surface area contributed by atoms with Crippen LogP contribution in [0.15, 0.2) is 78.9 Å². The van der Waals surface area contributed by atoms with Gasteiger partial charge in [0.25, 0.3) is 0 Å². The second-order valence-corrected chi connectivity index (χ2v) is 6.43. The molecule has 0 aromatic heterocycles. The highest BCUT2D eigenvalue weighted by Gasteiger charge is 2.07. The lowest BCUT2D eigenvalue weighted by atomic mass is 10.1. The lowest BCUT2D eigenvalue weighted by Crippen LogP contribution is -2.19. The highest BCUT2D eigenvalue weighted by atomic mass is 16.5. The van der Waals surface area contributed by atoms with E-state index in [-0.39, 0.29) is 11.9 Å². The largest absolute Gasteiger partial charge is 0.497 e. The highest BCUT2D eigenvalue weighted by molar-refractivity contribution is 6.00. The number of ether oxygens (including phenoxy) is 1. The quantitative estimate of drug-likeness (QED) is 0.537. The summed E-state index contributed by atoms with van der Waals surface area (Å²) in [6.07, 6.45) is 0.958. The zero-order valence-electron chi connectivity index (χ0n) is 16.1. The molecule has 6 nitrogen and oxygen atoms in total. The molecular weight excluding hydrogens is 366 g/mol. The van der Waals surface area contributed by atoms with Crippen LogP contribution < -0.4 is 20.7 Å². The first kappa shape index (κ1) is 19.9. The zero-order valence-corrected chi connectivity index (χ0v) is 16.1. The fourth-order valence-corrected chi connectivity index (χ4v) is 2.80. The number of benzene rings is 3. The van der Waals surface area contributed by atoms with Crippen LogP contribution in [0, 0.1) is 0 Å². The Hall–Kier alpha value is -3.80. The van der Waals surface area contributed by atoms with Gasteiger partial charge >= 0.3 is 6.03 Å². The van der Waals surface area contributed by atoms with Gasteiger partial charge in [0.05, 0.1) is 7.11 Å². The molecule has 0 aliphatic rings. The fraction of sp³-hybridized carbons (Fsp3) is 0.130. The van der Waals surface area contributed by atoms with E-state index in [9.17, 15) is 9.59 Å². The monoisotopic (exact) mass is 389 g/mol. The van der Waals surface area contributed by atoms with Crippen molar-refractivity contribution in [3.63, 3.8) is 0 Å². The lowest BCUT2D eigenvalue weighted by Gasteiger charge is -2.10. The summed E-state index contributed by atoms with van der Waals surface area (Å²) >= 11 is 0. The summed E-state index contributed by atoms with van der Waals surface area (Å²) < 4.78 is 5.20. The summed E-state index contributed by atoms with van der Waals surface area (Å²) in [6.45, 7) is 0. The number of urea groups is 1. The van der Waals surface area contributed by atoms with Gasteiger partial charge in [0.2, 0.25) is 5.91 Å². The maximum Gasteiger partial charge on any atom is 0.323 e. The normalized spacial score (nSPS) is 10.1. The van der Waals surface area contributed by atoms with Crippen LogP contribution in [0.3, 0.4) is 0 Å². The number of nitrogens with one attached hydrogen (secondary N) is 3. The number of hydrogen-bond donors (Lipinski definition) is 3. The van der Waals surface area contributed by atoms with Crippen LogP contribution in [0.25, 0.3) is 0 Å². The minimum Gasteiger partial charge on any atom is -0.497 e. The molecule has 148 valence electrons. The third kappa shape index (κ3) is 6.39. The first-order valence-corrected chi connectivity index (χ1v) is 9.28. The Kier molecular flexibility index (Phi) is 6.84. The number of aryl methyl sites for hydroxylation is 1. The minimum atomic E-state index is -0.349. The van der Waals surface area contributed by atoms with Crippen molar-refractivity contribution in [2.75, 3.05) is 23.1 Å². The van der Waals surface area contributed by atoms with Crippen molar-refractivity contribution in [3.8, 4) is 5.75 Å². The fourth-order valence-electron chi connectivity index (χ4n) is 2.80. The molecule has 0 unspecified atom stereocenters. The Morgan fingerprint density at radius 1 is 0.759 bits per heavy atom. The summed E-state index contributed by atoms with van der Waals surface area (Å²) in [5, 5.41) is 8.37. The van der Waals surface area contributed by atoms with E-state index in [4.69, 9.17) is 4.74 Å². The van der Waals surface area contributed by atoms with Crippen LogP contribution in [0.2, 0.25) is 0 Å². The van der Waals surface area contributed by atoms with Crippen molar-refractivity contribution < 1.29 is 14.3 Å². The van der Waals surface area contributed by atoms with E-state index in [2.05, 4.69) is 16.0 Å². The van der Waals surface area contributed by atoms with Gasteiger partial charge in [-0.15, -0.1) is 0 Å². The maximum atomic E-state index is 12.3. The van der Waals surface area contributed by atoms with Crippen LogP contribution in [-0.2, 0) is 11.2 Å². The summed E-state index contributed by atoms with van der Waals surface area (Å²) in [5.74, 6) is 0.675. The second-order valence-electron chi connectivity index (χ2n) is 6.43. The number of carbonyl (C=O) groups excluding carboxylic acids is 2. The van der Waals surface area contributed by atoms with E-state index < -0.39 is 0 Å². The summed E-state index contributed by atoms with van der Waals surface area (Å²) in [5.41, 5.74) is 2.95. The number of methoxy groups -OCH3 is 1. The van der Waals surface area contributed by atoms with Crippen molar-refractivity contribution in [3.05, 3.63) is 84.4 Å². The third-order valence-corrected chi connectivity index (χ3v) is 4.21. The first-order valence-electron chi connectivity index (χ1n) is 9.28. The number of para-hydroxylation sites is 1. The Balaban J connectivity index is 1.52. The molecule has 0 radical (unpaired) electrons. The molecule has 3 aromatic rings. The van der Waals surface area contributed by atoms with Gasteiger partial charge in [-0.1, -0.05) is 36.4 Å². The van der Waals surface area contributed by atoms with Gasteiger partial charge in [-0.25, -0.2) is 4.79 Å². The molecule has 0 heterocycles. The summed E-state index contributed by atoms with van der Waals surface area (Å²) in [7, 11) is 1.62. The second kappa shape index (κ2) is 9.94. The molecule has 3 N–H and O–H groups in total. The van der Waals surface area contributed by atoms with Gasteiger partial charge < -0.3 is 20.7 Å². The molecule has 29 heavy (non-hydrogen) atoms.